The summed E-state index contributed by atoms with van der Waals surface area (Å²) in [5.41, 5.74) is 2.69. The summed E-state index contributed by atoms with van der Waals surface area (Å²) in [6.07, 6.45) is 8.36. The Labute approximate surface area is 103 Å². The maximum atomic E-state index is 4.37. The van der Waals surface area contributed by atoms with E-state index in [4.69, 9.17) is 0 Å². The van der Waals surface area contributed by atoms with E-state index in [-0.39, 0.29) is 0 Å². The van der Waals surface area contributed by atoms with E-state index in [1.165, 1.54) is 36.9 Å². The van der Waals surface area contributed by atoms with E-state index in [0.717, 1.165) is 24.7 Å². The minimum atomic E-state index is 0.665. The van der Waals surface area contributed by atoms with Crippen molar-refractivity contribution in [3.63, 3.8) is 0 Å². The zero-order valence-electron chi connectivity index (χ0n) is 10.5. The molecule has 2 N–H and O–H groups in total. The summed E-state index contributed by atoms with van der Waals surface area (Å²) in [5.74, 6) is 2.00. The van der Waals surface area contributed by atoms with Gasteiger partial charge in [0.1, 0.15) is 5.82 Å². The van der Waals surface area contributed by atoms with E-state index >= 15 is 0 Å². The molecule has 2 aliphatic rings. The maximum absolute atomic E-state index is 4.37. The minimum absolute atomic E-state index is 0.665. The SMILES string of the molecule is CC1CCC(Nc2ccnc3c2CCN3)CC1. The van der Waals surface area contributed by atoms with Crippen LogP contribution in [0.5, 0.6) is 0 Å². The van der Waals surface area contributed by atoms with Gasteiger partial charge in [-0.15, -0.1) is 0 Å². The first-order valence-electron chi connectivity index (χ1n) is 6.81. The second-order valence-electron chi connectivity index (χ2n) is 5.46. The molecular weight excluding hydrogens is 210 g/mol. The number of fused-ring (bicyclic) bond motifs is 1. The zero-order valence-corrected chi connectivity index (χ0v) is 10.5. The van der Waals surface area contributed by atoms with Crippen LogP contribution in [0.1, 0.15) is 38.2 Å². The Kier molecular flexibility index (Phi) is 2.91. The molecule has 0 unspecified atom stereocenters. The highest BCUT2D eigenvalue weighted by atomic mass is 15.0. The molecule has 0 aromatic carbocycles. The van der Waals surface area contributed by atoms with E-state index in [1.807, 2.05) is 6.20 Å². The first kappa shape index (κ1) is 10.9. The Bertz CT molecular complexity index is 394. The molecule has 92 valence electrons. The summed E-state index contributed by atoms with van der Waals surface area (Å²) >= 11 is 0. The topological polar surface area (TPSA) is 37.0 Å². The third kappa shape index (κ3) is 2.24. The van der Waals surface area contributed by atoms with Crippen LogP contribution in [0.15, 0.2) is 12.3 Å². The summed E-state index contributed by atoms with van der Waals surface area (Å²) in [5, 5.41) is 7.06. The number of hydrogen-bond donors (Lipinski definition) is 2. The Hall–Kier alpha value is -1.25. The van der Waals surface area contributed by atoms with Crippen molar-refractivity contribution in [1.82, 2.24) is 4.98 Å². The van der Waals surface area contributed by atoms with Crippen molar-refractivity contribution in [2.75, 3.05) is 17.2 Å². The van der Waals surface area contributed by atoms with Gasteiger partial charge >= 0.3 is 0 Å². The molecule has 0 bridgehead atoms. The molecule has 0 spiro atoms. The predicted octanol–water partition coefficient (Wildman–Crippen LogP) is 3.04. The van der Waals surface area contributed by atoms with Gasteiger partial charge in [-0.05, 0) is 44.1 Å². The predicted molar refractivity (Wildman–Crippen MR) is 71.5 cm³/mol. The summed E-state index contributed by atoms with van der Waals surface area (Å²) in [7, 11) is 0. The van der Waals surface area contributed by atoms with Gasteiger partial charge < -0.3 is 10.6 Å². The third-order valence-corrected chi connectivity index (χ3v) is 4.10. The molecule has 1 fully saturated rings. The highest BCUT2D eigenvalue weighted by molar-refractivity contribution is 5.64. The molecule has 2 heterocycles. The van der Waals surface area contributed by atoms with Gasteiger partial charge in [-0.1, -0.05) is 6.92 Å². The van der Waals surface area contributed by atoms with Gasteiger partial charge in [0.2, 0.25) is 0 Å². The summed E-state index contributed by atoms with van der Waals surface area (Å²) in [4.78, 5) is 4.37. The highest BCUT2D eigenvalue weighted by Crippen LogP contribution is 2.31. The molecule has 1 saturated carbocycles. The Morgan fingerprint density at radius 1 is 1.29 bits per heavy atom. The van der Waals surface area contributed by atoms with Crippen LogP contribution < -0.4 is 10.6 Å². The van der Waals surface area contributed by atoms with Gasteiger partial charge in [-0.3, -0.25) is 0 Å². The first-order chi connectivity index (χ1) is 8.33. The van der Waals surface area contributed by atoms with Crippen LogP contribution in [-0.4, -0.2) is 17.6 Å². The molecule has 1 aliphatic heterocycles. The normalized spacial score (nSPS) is 27.4. The zero-order chi connectivity index (χ0) is 11.7. The van der Waals surface area contributed by atoms with Gasteiger partial charge in [0.05, 0.1) is 0 Å². The monoisotopic (exact) mass is 231 g/mol. The molecule has 0 saturated heterocycles. The van der Waals surface area contributed by atoms with Crippen molar-refractivity contribution in [3.8, 4) is 0 Å². The molecule has 17 heavy (non-hydrogen) atoms. The molecule has 3 rings (SSSR count). The average molecular weight is 231 g/mol. The molecule has 0 radical (unpaired) electrons. The quantitative estimate of drug-likeness (QED) is 0.821. The van der Waals surface area contributed by atoms with Crippen LogP contribution in [0.3, 0.4) is 0 Å². The molecular formula is C14H21N3. The molecule has 3 heteroatoms. The van der Waals surface area contributed by atoms with Crippen molar-refractivity contribution < 1.29 is 0 Å². The van der Waals surface area contributed by atoms with Gasteiger partial charge in [-0.2, -0.15) is 0 Å². The average Bonchev–Trinajstić information content (AvgIpc) is 2.81. The second kappa shape index (κ2) is 4.55. The van der Waals surface area contributed by atoms with Crippen molar-refractivity contribution in [1.29, 1.82) is 0 Å². The third-order valence-electron chi connectivity index (χ3n) is 4.10. The Balaban J connectivity index is 1.71. The number of anilines is 2. The lowest BCUT2D eigenvalue weighted by Crippen LogP contribution is -2.25. The van der Waals surface area contributed by atoms with Crippen molar-refractivity contribution in [2.45, 2.75) is 45.1 Å². The van der Waals surface area contributed by atoms with Crippen molar-refractivity contribution in [3.05, 3.63) is 17.8 Å². The van der Waals surface area contributed by atoms with E-state index < -0.39 is 0 Å². The standard InChI is InChI=1S/C14H21N3/c1-10-2-4-11(5-3-10)17-13-7-9-16-14-12(13)6-8-15-14/h7,9-11H,2-6,8H2,1H3,(H2,15,16,17). The van der Waals surface area contributed by atoms with Crippen molar-refractivity contribution >= 4 is 11.5 Å². The van der Waals surface area contributed by atoms with E-state index in [2.05, 4.69) is 28.6 Å². The van der Waals surface area contributed by atoms with Gasteiger partial charge in [0, 0.05) is 30.0 Å². The Morgan fingerprint density at radius 2 is 2.12 bits per heavy atom. The van der Waals surface area contributed by atoms with Crippen LogP contribution in [0.2, 0.25) is 0 Å². The van der Waals surface area contributed by atoms with Crippen LogP contribution in [0.25, 0.3) is 0 Å². The van der Waals surface area contributed by atoms with E-state index in [9.17, 15) is 0 Å². The fourth-order valence-corrected chi connectivity index (χ4v) is 2.96. The lowest BCUT2D eigenvalue weighted by molar-refractivity contribution is 0.361. The maximum Gasteiger partial charge on any atom is 0.131 e. The number of rotatable bonds is 2. The second-order valence-corrected chi connectivity index (χ2v) is 5.46. The molecule has 1 aliphatic carbocycles. The molecule has 1 aromatic heterocycles. The van der Waals surface area contributed by atoms with E-state index in [0.29, 0.717) is 6.04 Å². The summed E-state index contributed by atoms with van der Waals surface area (Å²) in [6.45, 7) is 3.40. The van der Waals surface area contributed by atoms with Crippen LogP contribution in [-0.2, 0) is 6.42 Å². The van der Waals surface area contributed by atoms with Gasteiger partial charge in [0.15, 0.2) is 0 Å². The molecule has 3 nitrogen and oxygen atoms in total. The lowest BCUT2D eigenvalue weighted by Gasteiger charge is -2.28. The van der Waals surface area contributed by atoms with Gasteiger partial charge in [-0.25, -0.2) is 4.98 Å². The minimum Gasteiger partial charge on any atom is -0.382 e. The van der Waals surface area contributed by atoms with Crippen LogP contribution in [0, 0.1) is 5.92 Å². The van der Waals surface area contributed by atoms with Crippen LogP contribution in [0.4, 0.5) is 11.5 Å². The molecule has 0 atom stereocenters. The first-order valence-corrected chi connectivity index (χ1v) is 6.81. The highest BCUT2D eigenvalue weighted by Gasteiger charge is 2.21. The molecule has 1 aromatic rings. The number of hydrogen-bond acceptors (Lipinski definition) is 3. The van der Waals surface area contributed by atoms with Gasteiger partial charge in [0.25, 0.3) is 0 Å². The number of nitrogens with one attached hydrogen (secondary N) is 2. The smallest absolute Gasteiger partial charge is 0.131 e. The number of pyridine rings is 1. The lowest BCUT2D eigenvalue weighted by atomic mass is 9.87. The molecule has 0 amide bonds. The number of nitrogens with zero attached hydrogens (tertiary/aromatic N) is 1. The van der Waals surface area contributed by atoms with E-state index in [1.54, 1.807) is 0 Å². The summed E-state index contributed by atoms with van der Waals surface area (Å²) in [6, 6.07) is 2.79. The van der Waals surface area contributed by atoms with Crippen molar-refractivity contribution in [2.24, 2.45) is 5.92 Å². The van der Waals surface area contributed by atoms with Crippen LogP contribution >= 0.6 is 0 Å². The number of aromatic nitrogens is 1. The largest absolute Gasteiger partial charge is 0.382 e. The Morgan fingerprint density at radius 3 is 2.94 bits per heavy atom. The fourth-order valence-electron chi connectivity index (χ4n) is 2.96. The summed E-state index contributed by atoms with van der Waals surface area (Å²) < 4.78 is 0. The fraction of sp³-hybridized carbons (Fsp3) is 0.643.